The Kier molecular flexibility index (Phi) is 4.66. The molecule has 1 aliphatic heterocycles. The molecule has 2 aromatic carbocycles. The Morgan fingerprint density at radius 1 is 1.03 bits per heavy atom. The van der Waals surface area contributed by atoms with Gasteiger partial charge in [-0.1, -0.05) is 18.2 Å². The molecule has 0 amide bonds. The predicted molar refractivity (Wildman–Crippen MR) is 111 cm³/mol. The molecular formula is C24H18F3NO5. The number of aromatic nitrogens is 1. The van der Waals surface area contributed by atoms with Gasteiger partial charge in [-0.05, 0) is 54.8 Å². The lowest BCUT2D eigenvalue weighted by atomic mass is 9.88. The van der Waals surface area contributed by atoms with Crippen molar-refractivity contribution < 1.29 is 38.8 Å². The summed E-state index contributed by atoms with van der Waals surface area (Å²) >= 11 is 0. The van der Waals surface area contributed by atoms with E-state index in [1.165, 1.54) is 18.2 Å². The van der Waals surface area contributed by atoms with Crippen molar-refractivity contribution in [2.75, 3.05) is 0 Å². The Morgan fingerprint density at radius 3 is 2.48 bits per heavy atom. The van der Waals surface area contributed by atoms with Crippen molar-refractivity contribution >= 4 is 11.8 Å². The van der Waals surface area contributed by atoms with Gasteiger partial charge in [0.1, 0.15) is 11.6 Å². The number of nitrogens with zero attached hydrogens (tertiary/aromatic N) is 1. The first-order chi connectivity index (χ1) is 15.7. The quantitative estimate of drug-likeness (QED) is 0.561. The molecule has 2 heterocycles. The van der Waals surface area contributed by atoms with Crippen LogP contribution < -0.4 is 9.47 Å². The summed E-state index contributed by atoms with van der Waals surface area (Å²) in [6.07, 6.45) is -2.59. The van der Waals surface area contributed by atoms with Crippen LogP contribution in [0.15, 0.2) is 54.6 Å². The monoisotopic (exact) mass is 457 g/mol. The Labute approximate surface area is 187 Å². The zero-order valence-electron chi connectivity index (χ0n) is 17.0. The number of fused-ring (bicyclic) bond motifs is 1. The molecule has 0 unspecified atom stereocenters. The number of rotatable bonds is 6. The first-order valence-electron chi connectivity index (χ1n) is 10.1. The number of alkyl halides is 2. The van der Waals surface area contributed by atoms with Crippen LogP contribution in [0, 0.1) is 5.82 Å². The highest BCUT2D eigenvalue weighted by Crippen LogP contribution is 2.52. The molecule has 1 N–H and O–H groups in total. The zero-order valence-corrected chi connectivity index (χ0v) is 17.0. The molecule has 5 rings (SSSR count). The number of aromatic carboxylic acids is 1. The molecule has 0 bridgehead atoms. The van der Waals surface area contributed by atoms with Gasteiger partial charge in [0, 0.05) is 19.1 Å². The Bertz CT molecular complexity index is 1310. The van der Waals surface area contributed by atoms with Crippen LogP contribution in [0.25, 0.3) is 11.3 Å². The summed E-state index contributed by atoms with van der Waals surface area (Å²) in [6.45, 7) is 0. The van der Waals surface area contributed by atoms with Gasteiger partial charge < -0.3 is 14.6 Å². The SMILES string of the molecule is O=C(O)c1ccc(-c2cccc(CC(=O)C3(c4ccc5c(c4)OC(F)(F)O5)CC3)n2)cc1F.[HH]. The number of ether oxygens (including phenoxy) is 2. The number of carboxylic acid groups (broad SMARTS) is 1. The van der Waals surface area contributed by atoms with Crippen molar-refractivity contribution in [3.8, 4) is 22.8 Å². The normalized spacial score (nSPS) is 16.9. The van der Waals surface area contributed by atoms with E-state index in [0.717, 1.165) is 12.1 Å². The highest BCUT2D eigenvalue weighted by molar-refractivity contribution is 5.94. The molecule has 1 aliphatic carbocycles. The van der Waals surface area contributed by atoms with E-state index in [0.29, 0.717) is 35.4 Å². The number of carbonyl (C=O) groups excluding carboxylic acids is 1. The molecular weight excluding hydrogens is 439 g/mol. The van der Waals surface area contributed by atoms with Crippen LogP contribution in [0.3, 0.4) is 0 Å². The van der Waals surface area contributed by atoms with Crippen LogP contribution in [-0.2, 0) is 16.6 Å². The summed E-state index contributed by atoms with van der Waals surface area (Å²) < 4.78 is 49.6. The average Bonchev–Trinajstić information content (AvgIpc) is 3.50. The van der Waals surface area contributed by atoms with Crippen molar-refractivity contribution in [1.29, 1.82) is 0 Å². The minimum absolute atomic E-state index is 0. The van der Waals surface area contributed by atoms with Crippen molar-refractivity contribution in [2.45, 2.75) is 31.0 Å². The fourth-order valence-electron chi connectivity index (χ4n) is 4.02. The molecule has 170 valence electrons. The van der Waals surface area contributed by atoms with E-state index < -0.39 is 29.1 Å². The largest absolute Gasteiger partial charge is 0.586 e. The van der Waals surface area contributed by atoms with Gasteiger partial charge in [-0.3, -0.25) is 9.78 Å². The number of benzene rings is 2. The molecule has 1 fully saturated rings. The van der Waals surface area contributed by atoms with E-state index in [1.807, 2.05) is 0 Å². The van der Waals surface area contributed by atoms with Crippen LogP contribution in [0.5, 0.6) is 11.5 Å². The first kappa shape index (κ1) is 21.0. The predicted octanol–water partition coefficient (Wildman–Crippen LogP) is 5.00. The molecule has 0 saturated heterocycles. The molecule has 2 aliphatic rings. The van der Waals surface area contributed by atoms with E-state index in [4.69, 9.17) is 5.11 Å². The second kappa shape index (κ2) is 7.33. The summed E-state index contributed by atoms with van der Waals surface area (Å²) in [5, 5.41) is 8.98. The van der Waals surface area contributed by atoms with E-state index in [9.17, 15) is 22.8 Å². The number of carbonyl (C=O) groups is 2. The van der Waals surface area contributed by atoms with Gasteiger partial charge >= 0.3 is 12.3 Å². The summed E-state index contributed by atoms with van der Waals surface area (Å²) in [6, 6.07) is 13.0. The molecule has 9 heteroatoms. The topological polar surface area (TPSA) is 85.7 Å². The van der Waals surface area contributed by atoms with E-state index in [1.54, 1.807) is 24.3 Å². The van der Waals surface area contributed by atoms with Crippen LogP contribution >= 0.6 is 0 Å². The Hall–Kier alpha value is -3.88. The number of halogens is 3. The lowest BCUT2D eigenvalue weighted by Crippen LogP contribution is -2.26. The highest BCUT2D eigenvalue weighted by atomic mass is 19.3. The van der Waals surface area contributed by atoms with Crippen molar-refractivity contribution in [3.63, 3.8) is 0 Å². The van der Waals surface area contributed by atoms with Gasteiger partial charge in [0.15, 0.2) is 11.5 Å². The molecule has 6 nitrogen and oxygen atoms in total. The van der Waals surface area contributed by atoms with Crippen molar-refractivity contribution in [3.05, 3.63) is 77.2 Å². The van der Waals surface area contributed by atoms with Gasteiger partial charge in [0.05, 0.1) is 16.7 Å². The van der Waals surface area contributed by atoms with Gasteiger partial charge in [0.25, 0.3) is 0 Å². The number of pyridine rings is 1. The number of carboxylic acids is 1. The minimum atomic E-state index is -3.73. The standard InChI is InChI=1S/C24H16F3NO5.H2/c25-17-10-13(4-6-16(17)22(30)31)18-3-1-2-15(28-18)12-21(29)23(8-9-23)14-5-7-19-20(11-14)33-24(26,27)32-19;/h1-7,10-11H,8-9,12H2,(H,30,31);1H. The van der Waals surface area contributed by atoms with Crippen LogP contribution in [0.1, 0.15) is 35.9 Å². The Morgan fingerprint density at radius 2 is 1.79 bits per heavy atom. The van der Waals surface area contributed by atoms with Gasteiger partial charge in [-0.25, -0.2) is 9.18 Å². The van der Waals surface area contributed by atoms with Crippen molar-refractivity contribution in [1.82, 2.24) is 4.98 Å². The molecule has 0 radical (unpaired) electrons. The average molecular weight is 457 g/mol. The first-order valence-corrected chi connectivity index (χ1v) is 10.1. The second-order valence-electron chi connectivity index (χ2n) is 8.03. The maximum absolute atomic E-state index is 14.1. The minimum Gasteiger partial charge on any atom is -0.478 e. The summed E-state index contributed by atoms with van der Waals surface area (Å²) in [5.41, 5.74) is 0.565. The van der Waals surface area contributed by atoms with Crippen LogP contribution in [-0.4, -0.2) is 28.1 Å². The van der Waals surface area contributed by atoms with Gasteiger partial charge in [-0.2, -0.15) is 0 Å². The number of ketones is 1. The van der Waals surface area contributed by atoms with Crippen molar-refractivity contribution in [2.24, 2.45) is 0 Å². The third kappa shape index (κ3) is 3.79. The van der Waals surface area contributed by atoms with E-state index in [2.05, 4.69) is 14.5 Å². The lowest BCUT2D eigenvalue weighted by molar-refractivity contribution is -0.286. The van der Waals surface area contributed by atoms with E-state index in [-0.39, 0.29) is 25.1 Å². The molecule has 3 aromatic rings. The van der Waals surface area contributed by atoms with Crippen LogP contribution in [0.2, 0.25) is 0 Å². The van der Waals surface area contributed by atoms with E-state index >= 15 is 0 Å². The Balaban J connectivity index is 0.00000274. The molecule has 1 aromatic heterocycles. The fraction of sp³-hybridized carbons (Fsp3) is 0.208. The third-order valence-corrected chi connectivity index (χ3v) is 5.88. The number of Topliss-reactive ketones (excluding diaryl/α,β-unsaturated/α-hetero) is 1. The lowest BCUT2D eigenvalue weighted by Gasteiger charge is -2.15. The number of hydrogen-bond donors (Lipinski definition) is 1. The van der Waals surface area contributed by atoms with Gasteiger partial charge in [-0.15, -0.1) is 8.78 Å². The maximum atomic E-state index is 14.1. The molecule has 33 heavy (non-hydrogen) atoms. The fourth-order valence-corrected chi connectivity index (χ4v) is 4.02. The third-order valence-electron chi connectivity index (χ3n) is 5.88. The summed E-state index contributed by atoms with van der Waals surface area (Å²) in [4.78, 5) is 28.6. The summed E-state index contributed by atoms with van der Waals surface area (Å²) in [7, 11) is 0. The number of hydrogen-bond acceptors (Lipinski definition) is 5. The molecule has 1 saturated carbocycles. The second-order valence-corrected chi connectivity index (χ2v) is 8.03. The maximum Gasteiger partial charge on any atom is 0.586 e. The molecule has 0 atom stereocenters. The highest BCUT2D eigenvalue weighted by Gasteiger charge is 2.52. The van der Waals surface area contributed by atoms with Crippen LogP contribution in [0.4, 0.5) is 13.2 Å². The molecule has 0 spiro atoms. The van der Waals surface area contributed by atoms with Gasteiger partial charge in [0.2, 0.25) is 0 Å². The summed E-state index contributed by atoms with van der Waals surface area (Å²) in [5.74, 6) is -2.56. The smallest absolute Gasteiger partial charge is 0.478 e. The zero-order chi connectivity index (χ0) is 23.4.